The van der Waals surface area contributed by atoms with Gasteiger partial charge in [-0.15, -0.1) is 0 Å². The number of benzene rings is 3. The molecule has 3 aromatic carbocycles. The van der Waals surface area contributed by atoms with Crippen LogP contribution in [0.3, 0.4) is 0 Å². The molecule has 194 valence electrons. The number of fused-ring (bicyclic) bond motifs is 1. The number of methoxy groups -OCH3 is 1. The molecule has 0 radical (unpaired) electrons. The third-order valence-electron chi connectivity index (χ3n) is 5.76. The quantitative estimate of drug-likeness (QED) is 0.240. The highest BCUT2D eigenvalue weighted by atomic mass is 19.1. The number of hydrogen-bond donors (Lipinski definition) is 1. The summed E-state index contributed by atoms with van der Waals surface area (Å²) in [5.41, 5.74) is 7.67. The number of hydrogen-bond acceptors (Lipinski definition) is 8. The summed E-state index contributed by atoms with van der Waals surface area (Å²) in [5, 5.41) is 9.85. The molecule has 3 aromatic rings. The van der Waals surface area contributed by atoms with Crippen molar-refractivity contribution in [1.29, 1.82) is 5.26 Å². The molecule has 1 heterocycles. The van der Waals surface area contributed by atoms with Crippen molar-refractivity contribution in [2.75, 3.05) is 13.7 Å². The van der Waals surface area contributed by atoms with Crippen molar-refractivity contribution in [3.05, 3.63) is 102 Å². The van der Waals surface area contributed by atoms with Crippen LogP contribution in [0.1, 0.15) is 24.0 Å². The number of nitrogens with zero attached hydrogens (tertiary/aromatic N) is 1. The summed E-state index contributed by atoms with van der Waals surface area (Å²) in [6, 6.07) is 18.0. The number of allylic oxidation sites excluding steroid dienone is 1. The molecule has 0 bridgehead atoms. The summed E-state index contributed by atoms with van der Waals surface area (Å²) >= 11 is 0. The topological polar surface area (TPSA) is 113 Å². The summed E-state index contributed by atoms with van der Waals surface area (Å²) < 4.78 is 41.5. The van der Waals surface area contributed by atoms with E-state index in [0.717, 1.165) is 0 Å². The van der Waals surface area contributed by atoms with Crippen LogP contribution in [-0.4, -0.2) is 25.8 Å². The molecular weight excluding hydrogens is 491 g/mol. The van der Waals surface area contributed by atoms with Crippen molar-refractivity contribution >= 4 is 5.97 Å². The molecule has 0 amide bonds. The molecule has 38 heavy (non-hydrogen) atoms. The Morgan fingerprint density at radius 3 is 2.68 bits per heavy atom. The Morgan fingerprint density at radius 2 is 1.97 bits per heavy atom. The van der Waals surface area contributed by atoms with E-state index >= 15 is 0 Å². The van der Waals surface area contributed by atoms with E-state index in [0.29, 0.717) is 35.0 Å². The predicted octanol–water partition coefficient (Wildman–Crippen LogP) is 4.99. The summed E-state index contributed by atoms with van der Waals surface area (Å²) in [4.78, 5) is 12.6. The second kappa shape index (κ2) is 11.4. The number of nitriles is 1. The molecule has 2 N–H and O–H groups in total. The van der Waals surface area contributed by atoms with Crippen LogP contribution in [0, 0.1) is 17.1 Å². The van der Waals surface area contributed by atoms with Gasteiger partial charge < -0.3 is 29.4 Å². The molecule has 9 heteroatoms. The van der Waals surface area contributed by atoms with Gasteiger partial charge >= 0.3 is 5.97 Å². The fourth-order valence-corrected chi connectivity index (χ4v) is 3.95. The molecule has 0 fully saturated rings. The van der Waals surface area contributed by atoms with Crippen LogP contribution in [0.15, 0.2) is 84.8 Å². The number of esters is 1. The lowest BCUT2D eigenvalue weighted by Gasteiger charge is -2.27. The van der Waals surface area contributed by atoms with Gasteiger partial charge in [-0.3, -0.25) is 0 Å². The van der Waals surface area contributed by atoms with Gasteiger partial charge in [0.25, 0.3) is 0 Å². The van der Waals surface area contributed by atoms with Gasteiger partial charge in [-0.2, -0.15) is 5.26 Å². The zero-order valence-corrected chi connectivity index (χ0v) is 20.8. The van der Waals surface area contributed by atoms with Gasteiger partial charge in [-0.05, 0) is 42.8 Å². The Morgan fingerprint density at radius 1 is 1.18 bits per heavy atom. The Balaban J connectivity index is 1.61. The van der Waals surface area contributed by atoms with Crippen molar-refractivity contribution in [2.45, 2.75) is 18.9 Å². The number of carbonyl (C=O) groups is 1. The first-order valence-electron chi connectivity index (χ1n) is 11.6. The molecular formula is C29H25FN2O6. The van der Waals surface area contributed by atoms with Gasteiger partial charge in [0.05, 0.1) is 13.0 Å². The molecule has 8 nitrogen and oxygen atoms in total. The van der Waals surface area contributed by atoms with Crippen molar-refractivity contribution in [1.82, 2.24) is 0 Å². The molecule has 2 unspecified atom stereocenters. The molecule has 1 aliphatic rings. The third kappa shape index (κ3) is 5.39. The van der Waals surface area contributed by atoms with Crippen molar-refractivity contribution < 1.29 is 32.9 Å². The fourth-order valence-electron chi connectivity index (χ4n) is 3.95. The summed E-state index contributed by atoms with van der Waals surface area (Å²) in [6.45, 7) is 5.40. The maximum atomic E-state index is 13.9. The van der Waals surface area contributed by atoms with E-state index in [1.807, 2.05) is 0 Å². The average molecular weight is 517 g/mol. The van der Waals surface area contributed by atoms with Crippen LogP contribution >= 0.6 is 0 Å². The average Bonchev–Trinajstić information content (AvgIpc) is 2.92. The monoisotopic (exact) mass is 516 g/mol. The predicted molar refractivity (Wildman–Crippen MR) is 137 cm³/mol. The number of ether oxygens (including phenoxy) is 5. The highest BCUT2D eigenvalue weighted by Crippen LogP contribution is 2.45. The van der Waals surface area contributed by atoms with Crippen LogP contribution < -0.4 is 29.4 Å². The molecule has 2 atom stereocenters. The highest BCUT2D eigenvalue weighted by molar-refractivity contribution is 5.77. The SMILES string of the molecule is C=CCOc1ccc(C2C(C#N)=C(N)Oc3cc(OC(=O)C(C)Oc4ccccc4F)ccc32)cc1OC. The smallest absolute Gasteiger partial charge is 0.352 e. The van der Waals surface area contributed by atoms with Crippen molar-refractivity contribution in [3.63, 3.8) is 0 Å². The Hall–Kier alpha value is -4.97. The number of carbonyl (C=O) groups excluding carboxylic acids is 1. The maximum Gasteiger partial charge on any atom is 0.352 e. The number of nitrogens with two attached hydrogens (primary N) is 1. The van der Waals surface area contributed by atoms with Crippen LogP contribution in [0.2, 0.25) is 0 Å². The van der Waals surface area contributed by atoms with Gasteiger partial charge in [0.2, 0.25) is 5.88 Å². The lowest BCUT2D eigenvalue weighted by molar-refractivity contribution is -0.141. The minimum Gasteiger partial charge on any atom is -0.493 e. The first-order valence-corrected chi connectivity index (χ1v) is 11.6. The number of rotatable bonds is 9. The molecule has 0 saturated carbocycles. The zero-order chi connectivity index (χ0) is 27.2. The lowest BCUT2D eigenvalue weighted by Crippen LogP contribution is -2.29. The van der Waals surface area contributed by atoms with E-state index in [1.54, 1.807) is 42.5 Å². The van der Waals surface area contributed by atoms with Gasteiger partial charge in [-0.25, -0.2) is 9.18 Å². The van der Waals surface area contributed by atoms with Gasteiger partial charge in [0.15, 0.2) is 29.2 Å². The van der Waals surface area contributed by atoms with E-state index in [4.69, 9.17) is 29.4 Å². The molecule has 0 saturated heterocycles. The largest absolute Gasteiger partial charge is 0.493 e. The van der Waals surface area contributed by atoms with Gasteiger partial charge in [0.1, 0.15) is 29.7 Å². The van der Waals surface area contributed by atoms with E-state index in [2.05, 4.69) is 12.6 Å². The highest BCUT2D eigenvalue weighted by Gasteiger charge is 2.32. The fraction of sp³-hybridized carbons (Fsp3) is 0.172. The van der Waals surface area contributed by atoms with Crippen LogP contribution in [0.5, 0.6) is 28.7 Å². The van der Waals surface area contributed by atoms with E-state index in [-0.39, 0.29) is 23.0 Å². The summed E-state index contributed by atoms with van der Waals surface area (Å²) in [5.74, 6) is -0.562. The molecule has 0 aromatic heterocycles. The van der Waals surface area contributed by atoms with Crippen molar-refractivity contribution in [3.8, 4) is 34.8 Å². The molecule has 4 rings (SSSR count). The second-order valence-corrected chi connectivity index (χ2v) is 8.25. The zero-order valence-electron chi connectivity index (χ0n) is 20.8. The maximum absolute atomic E-state index is 13.9. The third-order valence-corrected chi connectivity index (χ3v) is 5.76. The summed E-state index contributed by atoms with van der Waals surface area (Å²) in [6.07, 6.45) is 0.539. The normalized spacial score (nSPS) is 14.8. The molecule has 1 aliphatic heterocycles. The number of halogens is 1. The van der Waals surface area contributed by atoms with Crippen LogP contribution in [0.25, 0.3) is 0 Å². The van der Waals surface area contributed by atoms with Crippen molar-refractivity contribution in [2.24, 2.45) is 5.73 Å². The number of para-hydroxylation sites is 1. The first kappa shape index (κ1) is 26.1. The minimum absolute atomic E-state index is 0.0631. The first-order chi connectivity index (χ1) is 18.4. The Labute approximate surface area is 219 Å². The Kier molecular flexibility index (Phi) is 7.83. The molecule has 0 aliphatic carbocycles. The van der Waals surface area contributed by atoms with Crippen LogP contribution in [0.4, 0.5) is 4.39 Å². The second-order valence-electron chi connectivity index (χ2n) is 8.25. The van der Waals surface area contributed by atoms with E-state index in [1.165, 1.54) is 38.3 Å². The van der Waals surface area contributed by atoms with Gasteiger partial charge in [0, 0.05) is 11.6 Å². The lowest BCUT2D eigenvalue weighted by atomic mass is 9.83. The Bertz CT molecular complexity index is 1450. The summed E-state index contributed by atoms with van der Waals surface area (Å²) in [7, 11) is 1.52. The van der Waals surface area contributed by atoms with E-state index < -0.39 is 23.8 Å². The minimum atomic E-state index is -1.08. The van der Waals surface area contributed by atoms with Gasteiger partial charge in [-0.1, -0.05) is 36.9 Å². The van der Waals surface area contributed by atoms with Crippen LogP contribution in [-0.2, 0) is 4.79 Å². The molecule has 0 spiro atoms. The van der Waals surface area contributed by atoms with E-state index in [9.17, 15) is 14.4 Å². The standard InChI is InChI=1S/C29H25FN2O6/c1-4-13-35-24-12-9-18(14-26(24)34-3)27-20-11-10-19(15-25(20)38-28(32)21(27)16-31)37-29(33)17(2)36-23-8-6-5-7-22(23)30/h4-12,14-15,17,27H,1,13,32H2,2-3H3.